The van der Waals surface area contributed by atoms with E-state index in [2.05, 4.69) is 6.07 Å². The molecule has 0 fully saturated rings. The lowest BCUT2D eigenvalue weighted by atomic mass is 9.83. The van der Waals surface area contributed by atoms with Gasteiger partial charge in [-0.2, -0.15) is 5.26 Å². The Hall–Kier alpha value is -3.04. The second-order valence-electron chi connectivity index (χ2n) is 8.38. The Balaban J connectivity index is 1.75. The van der Waals surface area contributed by atoms with E-state index >= 15 is 0 Å². The van der Waals surface area contributed by atoms with Gasteiger partial charge in [0.05, 0.1) is 12.0 Å². The van der Waals surface area contributed by atoms with Gasteiger partial charge in [0.25, 0.3) is 0 Å². The third-order valence-corrected chi connectivity index (χ3v) is 5.07. The first-order valence-electron chi connectivity index (χ1n) is 9.68. The fraction of sp³-hybridized carbons (Fsp3) is 0.391. The third kappa shape index (κ3) is 3.92. The first-order chi connectivity index (χ1) is 13.9. The fourth-order valence-corrected chi connectivity index (χ4v) is 3.88. The summed E-state index contributed by atoms with van der Waals surface area (Å²) in [7, 11) is 0. The van der Waals surface area contributed by atoms with Crippen LogP contribution in [-0.2, 0) is 22.6 Å². The molecule has 29 heavy (non-hydrogen) atoms. The molecule has 0 bridgehead atoms. The number of nitrogens with zero attached hydrogens (tertiary/aromatic N) is 2. The molecule has 150 valence electrons. The molecule has 4 rings (SSSR count). The minimum atomic E-state index is -0.702. The van der Waals surface area contributed by atoms with Crippen LogP contribution in [0.2, 0.25) is 0 Å². The maximum absolute atomic E-state index is 13.2. The summed E-state index contributed by atoms with van der Waals surface area (Å²) in [4.78, 5) is 15.2. The molecule has 2 aliphatic heterocycles. The maximum atomic E-state index is 13.2. The van der Waals surface area contributed by atoms with E-state index in [4.69, 9.17) is 14.2 Å². The molecule has 0 saturated heterocycles. The summed E-state index contributed by atoms with van der Waals surface area (Å²) in [5.74, 6) is 0.245. The van der Waals surface area contributed by atoms with Gasteiger partial charge in [-0.05, 0) is 49.6 Å². The van der Waals surface area contributed by atoms with Crippen LogP contribution in [0.25, 0.3) is 0 Å². The van der Waals surface area contributed by atoms with E-state index in [0.717, 1.165) is 16.7 Å². The first kappa shape index (κ1) is 19.3. The zero-order valence-electron chi connectivity index (χ0n) is 16.8. The fourth-order valence-electron chi connectivity index (χ4n) is 3.88. The lowest BCUT2D eigenvalue weighted by Crippen LogP contribution is -2.49. The van der Waals surface area contributed by atoms with Crippen molar-refractivity contribution < 1.29 is 19.0 Å². The highest BCUT2D eigenvalue weighted by Crippen LogP contribution is 2.42. The average Bonchev–Trinajstić information content (AvgIpc) is 3.12. The maximum Gasteiger partial charge on any atom is 0.325 e. The lowest BCUT2D eigenvalue weighted by molar-refractivity contribution is -0.163. The zero-order valence-corrected chi connectivity index (χ0v) is 16.8. The van der Waals surface area contributed by atoms with E-state index in [1.165, 1.54) is 0 Å². The molecule has 0 saturated carbocycles. The Morgan fingerprint density at radius 1 is 1.21 bits per heavy atom. The van der Waals surface area contributed by atoms with Gasteiger partial charge in [0.1, 0.15) is 11.6 Å². The van der Waals surface area contributed by atoms with Crippen molar-refractivity contribution in [2.45, 2.75) is 51.4 Å². The van der Waals surface area contributed by atoms with Crippen molar-refractivity contribution in [2.24, 2.45) is 0 Å². The summed E-state index contributed by atoms with van der Waals surface area (Å²) in [5, 5.41) is 10.0. The number of fused-ring (bicyclic) bond motifs is 2. The lowest BCUT2D eigenvalue weighted by Gasteiger charge is -2.39. The second kappa shape index (κ2) is 7.41. The Kier molecular flexibility index (Phi) is 4.93. The van der Waals surface area contributed by atoms with Crippen molar-refractivity contribution in [1.82, 2.24) is 4.90 Å². The number of ether oxygens (including phenoxy) is 3. The Bertz CT molecular complexity index is 959. The number of hydrogen-bond acceptors (Lipinski definition) is 6. The minimum absolute atomic E-state index is 0.165. The molecule has 6 heteroatoms. The van der Waals surface area contributed by atoms with Gasteiger partial charge in [0, 0.05) is 13.1 Å². The highest BCUT2D eigenvalue weighted by Gasteiger charge is 2.43. The Labute approximate surface area is 170 Å². The summed E-state index contributed by atoms with van der Waals surface area (Å²) < 4.78 is 16.7. The number of esters is 1. The summed E-state index contributed by atoms with van der Waals surface area (Å²) in [6.45, 7) is 6.73. The van der Waals surface area contributed by atoms with E-state index in [0.29, 0.717) is 24.6 Å². The van der Waals surface area contributed by atoms with Crippen molar-refractivity contribution in [1.29, 1.82) is 5.26 Å². The normalized spacial score (nSPS) is 20.6. The SMILES string of the molecule is CC(C)(C)OC(=O)[C@H]1[C@H](C#N)c2cc3c(cc2CN1Cc1ccccc1)OCO3. The van der Waals surface area contributed by atoms with Crippen LogP contribution in [-0.4, -0.2) is 29.3 Å². The van der Waals surface area contributed by atoms with Gasteiger partial charge in [-0.25, -0.2) is 0 Å². The summed E-state index contributed by atoms with van der Waals surface area (Å²) in [5.41, 5.74) is 2.21. The van der Waals surface area contributed by atoms with Crippen LogP contribution >= 0.6 is 0 Å². The molecule has 2 heterocycles. The van der Waals surface area contributed by atoms with Crippen LogP contribution in [0.3, 0.4) is 0 Å². The van der Waals surface area contributed by atoms with Crippen molar-refractivity contribution >= 4 is 5.97 Å². The number of benzene rings is 2. The van der Waals surface area contributed by atoms with Crippen LogP contribution < -0.4 is 9.47 Å². The van der Waals surface area contributed by atoms with E-state index in [1.54, 1.807) is 0 Å². The predicted molar refractivity (Wildman–Crippen MR) is 106 cm³/mol. The summed E-state index contributed by atoms with van der Waals surface area (Å²) >= 11 is 0. The molecule has 0 amide bonds. The van der Waals surface area contributed by atoms with Crippen molar-refractivity contribution in [3.63, 3.8) is 0 Å². The topological polar surface area (TPSA) is 71.8 Å². The van der Waals surface area contributed by atoms with Crippen LogP contribution in [0.15, 0.2) is 42.5 Å². The predicted octanol–water partition coefficient (Wildman–Crippen LogP) is 3.75. The van der Waals surface area contributed by atoms with Gasteiger partial charge in [-0.15, -0.1) is 0 Å². The second-order valence-corrected chi connectivity index (χ2v) is 8.38. The number of hydrogen-bond donors (Lipinski definition) is 0. The average molecular weight is 392 g/mol. The molecule has 2 aromatic rings. The Morgan fingerprint density at radius 2 is 1.90 bits per heavy atom. The van der Waals surface area contributed by atoms with Gasteiger partial charge >= 0.3 is 5.97 Å². The highest BCUT2D eigenvalue weighted by atomic mass is 16.7. The van der Waals surface area contributed by atoms with Crippen LogP contribution in [0.4, 0.5) is 0 Å². The molecule has 0 radical (unpaired) electrons. The number of carbonyl (C=O) groups is 1. The first-order valence-corrected chi connectivity index (χ1v) is 9.68. The minimum Gasteiger partial charge on any atom is -0.459 e. The third-order valence-electron chi connectivity index (χ3n) is 5.07. The van der Waals surface area contributed by atoms with E-state index < -0.39 is 17.6 Å². The summed E-state index contributed by atoms with van der Waals surface area (Å²) in [6, 6.07) is 15.3. The van der Waals surface area contributed by atoms with Gasteiger partial charge < -0.3 is 14.2 Å². The monoisotopic (exact) mass is 392 g/mol. The van der Waals surface area contributed by atoms with Crippen molar-refractivity contribution in [3.05, 3.63) is 59.2 Å². The van der Waals surface area contributed by atoms with E-state index in [-0.39, 0.29) is 12.8 Å². The zero-order chi connectivity index (χ0) is 20.6. The van der Waals surface area contributed by atoms with E-state index in [1.807, 2.05) is 68.1 Å². The molecule has 0 aromatic heterocycles. The van der Waals surface area contributed by atoms with E-state index in [9.17, 15) is 10.1 Å². The molecule has 0 N–H and O–H groups in total. The number of carbonyl (C=O) groups excluding carboxylic acids is 1. The van der Waals surface area contributed by atoms with Crippen LogP contribution in [0, 0.1) is 11.3 Å². The largest absolute Gasteiger partial charge is 0.459 e. The van der Waals surface area contributed by atoms with Crippen molar-refractivity contribution in [2.75, 3.05) is 6.79 Å². The standard InChI is InChI=1S/C23H24N2O4/c1-23(2,3)29-22(26)21-18(11-24)17-10-20-19(27-14-28-20)9-16(17)13-25(21)12-15-7-5-4-6-8-15/h4-10,18,21H,12-14H2,1-3H3/t18-,21-/m1/s1. The number of nitriles is 1. The molecule has 2 atom stereocenters. The molecule has 2 aliphatic rings. The van der Waals surface area contributed by atoms with Crippen LogP contribution in [0.5, 0.6) is 11.5 Å². The molecule has 0 unspecified atom stereocenters. The van der Waals surface area contributed by atoms with Gasteiger partial charge in [0.2, 0.25) is 6.79 Å². The number of rotatable bonds is 3. The Morgan fingerprint density at radius 3 is 2.55 bits per heavy atom. The smallest absolute Gasteiger partial charge is 0.325 e. The molecular weight excluding hydrogens is 368 g/mol. The summed E-state index contributed by atoms with van der Waals surface area (Å²) in [6.07, 6.45) is 0. The van der Waals surface area contributed by atoms with Gasteiger partial charge in [-0.3, -0.25) is 9.69 Å². The highest BCUT2D eigenvalue weighted by molar-refractivity contribution is 5.79. The quantitative estimate of drug-likeness (QED) is 0.741. The molecule has 2 aromatic carbocycles. The molecular formula is C23H24N2O4. The molecule has 6 nitrogen and oxygen atoms in total. The van der Waals surface area contributed by atoms with Crippen molar-refractivity contribution in [3.8, 4) is 17.6 Å². The van der Waals surface area contributed by atoms with Gasteiger partial charge in [0.15, 0.2) is 11.5 Å². The van der Waals surface area contributed by atoms with Gasteiger partial charge in [-0.1, -0.05) is 30.3 Å². The molecule has 0 spiro atoms. The van der Waals surface area contributed by atoms with Crippen LogP contribution in [0.1, 0.15) is 43.4 Å². The molecule has 0 aliphatic carbocycles.